The lowest BCUT2D eigenvalue weighted by atomic mass is 9.82. The summed E-state index contributed by atoms with van der Waals surface area (Å²) in [5, 5.41) is 1.82. The summed E-state index contributed by atoms with van der Waals surface area (Å²) in [5.41, 5.74) is 2.08. The van der Waals surface area contributed by atoms with Gasteiger partial charge in [0.1, 0.15) is 17.2 Å². The number of benzene rings is 4. The van der Waals surface area contributed by atoms with Gasteiger partial charge < -0.3 is 18.9 Å². The van der Waals surface area contributed by atoms with E-state index in [1.54, 1.807) is 14.2 Å². The molecule has 34 heavy (non-hydrogen) atoms. The average Bonchev–Trinajstić information content (AvgIpc) is 2.92. The Kier molecular flexibility index (Phi) is 5.46. The SMILES string of the molecule is COC(=O)c1cc2ccccc2c2c1C=CC(c1ccc(OC)cc1)(c1ccc(OC)cc1)O2. The van der Waals surface area contributed by atoms with Gasteiger partial charge in [-0.2, -0.15) is 0 Å². The summed E-state index contributed by atoms with van der Waals surface area (Å²) in [5.74, 6) is 1.74. The van der Waals surface area contributed by atoms with Gasteiger partial charge in [-0.3, -0.25) is 0 Å². The van der Waals surface area contributed by atoms with Crippen molar-refractivity contribution < 1.29 is 23.7 Å². The van der Waals surface area contributed by atoms with Gasteiger partial charge in [-0.05, 0) is 47.9 Å². The molecule has 1 aliphatic rings. The first-order chi connectivity index (χ1) is 16.6. The highest BCUT2D eigenvalue weighted by molar-refractivity contribution is 6.03. The fraction of sp³-hybridized carbons (Fsp3) is 0.138. The van der Waals surface area contributed by atoms with Gasteiger partial charge in [0.05, 0.1) is 26.9 Å². The van der Waals surface area contributed by atoms with Crippen LogP contribution in [0.15, 0.2) is 84.9 Å². The molecule has 0 radical (unpaired) electrons. The second-order valence-electron chi connectivity index (χ2n) is 8.01. The first-order valence-corrected chi connectivity index (χ1v) is 10.9. The van der Waals surface area contributed by atoms with E-state index in [1.807, 2.05) is 91.0 Å². The highest BCUT2D eigenvalue weighted by Crippen LogP contribution is 2.46. The minimum atomic E-state index is -0.928. The Morgan fingerprint density at radius 3 is 1.94 bits per heavy atom. The van der Waals surface area contributed by atoms with Gasteiger partial charge in [-0.15, -0.1) is 0 Å². The summed E-state index contributed by atoms with van der Waals surface area (Å²) >= 11 is 0. The molecule has 0 saturated heterocycles. The molecule has 1 aliphatic heterocycles. The van der Waals surface area contributed by atoms with E-state index < -0.39 is 11.6 Å². The molecule has 5 nitrogen and oxygen atoms in total. The van der Waals surface area contributed by atoms with Crippen molar-refractivity contribution in [1.29, 1.82) is 0 Å². The number of methoxy groups -OCH3 is 3. The Morgan fingerprint density at radius 2 is 1.38 bits per heavy atom. The van der Waals surface area contributed by atoms with Gasteiger partial charge in [-0.25, -0.2) is 4.79 Å². The third kappa shape index (κ3) is 3.46. The Bertz CT molecular complexity index is 1340. The van der Waals surface area contributed by atoms with Crippen LogP contribution >= 0.6 is 0 Å². The predicted molar refractivity (Wildman–Crippen MR) is 132 cm³/mol. The molecular formula is C29H24O5. The zero-order chi connectivity index (χ0) is 23.7. The van der Waals surface area contributed by atoms with Gasteiger partial charge in [0.25, 0.3) is 0 Å². The topological polar surface area (TPSA) is 54.0 Å². The molecular weight excluding hydrogens is 428 g/mol. The molecule has 0 spiro atoms. The van der Waals surface area contributed by atoms with Crippen LogP contribution in [0.3, 0.4) is 0 Å². The van der Waals surface area contributed by atoms with Crippen molar-refractivity contribution in [3.05, 3.63) is 107 Å². The lowest BCUT2D eigenvalue weighted by Crippen LogP contribution is -2.34. The first kappa shape index (κ1) is 21.6. The van der Waals surface area contributed by atoms with Crippen LogP contribution in [0.5, 0.6) is 17.2 Å². The highest BCUT2D eigenvalue weighted by Gasteiger charge is 2.39. The molecule has 0 aromatic heterocycles. The van der Waals surface area contributed by atoms with Gasteiger partial charge in [0.15, 0.2) is 5.60 Å². The van der Waals surface area contributed by atoms with Crippen molar-refractivity contribution in [2.24, 2.45) is 0 Å². The lowest BCUT2D eigenvalue weighted by Gasteiger charge is -2.37. The molecule has 1 heterocycles. The minimum absolute atomic E-state index is 0.406. The molecule has 4 aromatic carbocycles. The van der Waals surface area contributed by atoms with Crippen LogP contribution in [0.4, 0.5) is 0 Å². The van der Waals surface area contributed by atoms with Crippen molar-refractivity contribution in [2.45, 2.75) is 5.60 Å². The standard InChI is InChI=1S/C29H24O5/c1-31-22-12-8-20(9-13-22)29(21-10-14-23(32-2)15-11-21)17-16-25-26(28(30)33-3)18-19-6-4-5-7-24(19)27(25)34-29/h4-18H,1-3H3. The van der Waals surface area contributed by atoms with Crippen LogP contribution in [0.1, 0.15) is 27.0 Å². The fourth-order valence-corrected chi connectivity index (χ4v) is 4.43. The maximum absolute atomic E-state index is 12.6. The number of rotatable bonds is 5. The van der Waals surface area contributed by atoms with Crippen LogP contribution in [0, 0.1) is 0 Å². The molecule has 0 N–H and O–H groups in total. The molecule has 0 aliphatic carbocycles. The Morgan fingerprint density at radius 1 is 0.794 bits per heavy atom. The molecule has 0 fully saturated rings. The van der Waals surface area contributed by atoms with Crippen molar-refractivity contribution in [1.82, 2.24) is 0 Å². The zero-order valence-corrected chi connectivity index (χ0v) is 19.2. The molecule has 0 saturated carbocycles. The minimum Gasteiger partial charge on any atom is -0.497 e. The molecule has 0 atom stereocenters. The van der Waals surface area contributed by atoms with Crippen molar-refractivity contribution in [2.75, 3.05) is 21.3 Å². The third-order valence-corrected chi connectivity index (χ3v) is 6.23. The van der Waals surface area contributed by atoms with Gasteiger partial charge >= 0.3 is 5.97 Å². The maximum Gasteiger partial charge on any atom is 0.338 e. The highest BCUT2D eigenvalue weighted by atomic mass is 16.5. The summed E-state index contributed by atoms with van der Waals surface area (Å²) in [6.07, 6.45) is 3.94. The van der Waals surface area contributed by atoms with E-state index >= 15 is 0 Å². The molecule has 4 aromatic rings. The van der Waals surface area contributed by atoms with E-state index in [-0.39, 0.29) is 0 Å². The molecule has 5 heteroatoms. The first-order valence-electron chi connectivity index (χ1n) is 10.9. The number of hydrogen-bond acceptors (Lipinski definition) is 5. The van der Waals surface area contributed by atoms with Crippen molar-refractivity contribution in [3.63, 3.8) is 0 Å². The second kappa shape index (κ2) is 8.60. The van der Waals surface area contributed by atoms with E-state index in [4.69, 9.17) is 18.9 Å². The van der Waals surface area contributed by atoms with E-state index in [0.717, 1.165) is 33.4 Å². The van der Waals surface area contributed by atoms with Crippen LogP contribution in [0.25, 0.3) is 16.8 Å². The summed E-state index contributed by atoms with van der Waals surface area (Å²) in [4.78, 5) is 12.6. The summed E-state index contributed by atoms with van der Waals surface area (Å²) < 4.78 is 22.7. The molecule has 0 amide bonds. The largest absolute Gasteiger partial charge is 0.497 e. The number of carbonyl (C=O) groups is 1. The molecule has 5 rings (SSSR count). The number of fused-ring (bicyclic) bond motifs is 3. The summed E-state index contributed by atoms with van der Waals surface area (Å²) in [6, 6.07) is 25.3. The van der Waals surface area contributed by atoms with Crippen molar-refractivity contribution >= 4 is 22.8 Å². The van der Waals surface area contributed by atoms with Crippen LogP contribution in [0.2, 0.25) is 0 Å². The van der Waals surface area contributed by atoms with E-state index in [1.165, 1.54) is 7.11 Å². The van der Waals surface area contributed by atoms with Crippen LogP contribution < -0.4 is 14.2 Å². The van der Waals surface area contributed by atoms with E-state index in [9.17, 15) is 4.79 Å². The smallest absolute Gasteiger partial charge is 0.338 e. The average molecular weight is 453 g/mol. The van der Waals surface area contributed by atoms with E-state index in [2.05, 4.69) is 0 Å². The number of esters is 1. The van der Waals surface area contributed by atoms with E-state index in [0.29, 0.717) is 16.9 Å². The molecule has 170 valence electrons. The normalized spacial score (nSPS) is 13.6. The van der Waals surface area contributed by atoms with Crippen molar-refractivity contribution in [3.8, 4) is 17.2 Å². The lowest BCUT2D eigenvalue weighted by molar-refractivity contribution is 0.0599. The second-order valence-corrected chi connectivity index (χ2v) is 8.01. The van der Waals surface area contributed by atoms with Crippen LogP contribution in [-0.4, -0.2) is 27.3 Å². The zero-order valence-electron chi connectivity index (χ0n) is 19.2. The Hall–Kier alpha value is -4.25. The summed E-state index contributed by atoms with van der Waals surface area (Å²) in [7, 11) is 4.67. The van der Waals surface area contributed by atoms with Gasteiger partial charge in [0, 0.05) is 22.1 Å². The van der Waals surface area contributed by atoms with Gasteiger partial charge in [-0.1, -0.05) is 48.5 Å². The maximum atomic E-state index is 12.6. The fourth-order valence-electron chi connectivity index (χ4n) is 4.43. The summed E-state index contributed by atoms with van der Waals surface area (Å²) in [6.45, 7) is 0. The molecule has 0 bridgehead atoms. The quantitative estimate of drug-likeness (QED) is 0.348. The monoisotopic (exact) mass is 452 g/mol. The predicted octanol–water partition coefficient (Wildman–Crippen LogP) is 5.99. The molecule has 0 unspecified atom stereocenters. The number of hydrogen-bond donors (Lipinski definition) is 0. The number of carbonyl (C=O) groups excluding carboxylic acids is 1. The number of ether oxygens (including phenoxy) is 4. The Balaban J connectivity index is 1.77. The van der Waals surface area contributed by atoms with Crippen LogP contribution in [-0.2, 0) is 10.3 Å². The van der Waals surface area contributed by atoms with Gasteiger partial charge in [0.2, 0.25) is 0 Å². The third-order valence-electron chi connectivity index (χ3n) is 6.23. The Labute approximate surface area is 198 Å².